The van der Waals surface area contributed by atoms with Gasteiger partial charge in [-0.25, -0.2) is 0 Å². The highest BCUT2D eigenvalue weighted by Crippen LogP contribution is 2.40. The fourth-order valence-corrected chi connectivity index (χ4v) is 4.29. The van der Waals surface area contributed by atoms with Crippen molar-refractivity contribution in [2.24, 2.45) is 11.7 Å². The third-order valence-electron chi connectivity index (χ3n) is 6.35. The van der Waals surface area contributed by atoms with Crippen molar-refractivity contribution in [3.05, 3.63) is 77.4 Å². The Balaban J connectivity index is 0.00000141. The Labute approximate surface area is 207 Å². The Kier molecular flexibility index (Phi) is 7.83. The van der Waals surface area contributed by atoms with Gasteiger partial charge in [0, 0.05) is 40.5 Å². The predicted molar refractivity (Wildman–Crippen MR) is 143 cm³/mol. The Morgan fingerprint density at radius 2 is 2.00 bits per heavy atom. The minimum atomic E-state index is -0.000227. The molecule has 182 valence electrons. The summed E-state index contributed by atoms with van der Waals surface area (Å²) in [6, 6.07) is 8.11. The number of pyridine rings is 1. The number of nitrogens with two attached hydrogens (primary N) is 1. The second-order valence-corrected chi connectivity index (χ2v) is 8.85. The molecule has 6 nitrogen and oxygen atoms in total. The Morgan fingerprint density at radius 1 is 1.17 bits per heavy atom. The molecule has 3 heterocycles. The smallest absolute Gasteiger partial charge is 0.256 e. The maximum Gasteiger partial charge on any atom is 0.256 e. The van der Waals surface area contributed by atoms with Gasteiger partial charge in [0.15, 0.2) is 0 Å². The molecule has 2 aromatic heterocycles. The molecule has 1 fully saturated rings. The summed E-state index contributed by atoms with van der Waals surface area (Å²) in [5, 5.41) is 2.98. The van der Waals surface area contributed by atoms with E-state index in [1.165, 1.54) is 36.7 Å². The molecule has 6 heteroatoms. The largest absolute Gasteiger partial charge is 0.492 e. The van der Waals surface area contributed by atoms with Gasteiger partial charge in [0.2, 0.25) is 0 Å². The van der Waals surface area contributed by atoms with Gasteiger partial charge in [-0.05, 0) is 93.5 Å². The van der Waals surface area contributed by atoms with Crippen LogP contribution in [0.4, 0.5) is 5.69 Å². The number of amides is 1. The molecule has 1 amide bonds. The number of nitrogens with zero attached hydrogens (tertiary/aromatic N) is 1. The molecular formula is C29H34N4O2. The molecule has 4 N–H and O–H groups in total. The molecular weight excluding hydrogens is 436 g/mol. The van der Waals surface area contributed by atoms with Gasteiger partial charge in [0.25, 0.3) is 5.91 Å². The normalized spacial score (nSPS) is 15.7. The third kappa shape index (κ3) is 5.72. The maximum atomic E-state index is 12.4. The standard InChI is InChI=1S/C28H29N3O2.CH5N/c1-3-5-26-18(2)21(16-30-26)6-4-11-33-23-13-22(15-29-17-23)20-9-10-27-24(14-20)25(28(32)31-27)12-19-7-8-19;1-2/h3,5,9-10,12-17,19,30H,4,6-8,11H2,1-2H3,(H,31,32);2H2,1H3/b5-3-,25-12-;. The van der Waals surface area contributed by atoms with Gasteiger partial charge in [0.1, 0.15) is 5.75 Å². The van der Waals surface area contributed by atoms with Crippen molar-refractivity contribution >= 4 is 23.2 Å². The number of nitrogens with one attached hydrogen (secondary N) is 2. The fraction of sp³-hybridized carbons (Fsp3) is 0.310. The van der Waals surface area contributed by atoms with Crippen LogP contribution in [-0.2, 0) is 11.2 Å². The summed E-state index contributed by atoms with van der Waals surface area (Å²) in [5.74, 6) is 1.31. The molecule has 35 heavy (non-hydrogen) atoms. The molecule has 0 unspecified atom stereocenters. The Morgan fingerprint density at radius 3 is 2.77 bits per heavy atom. The van der Waals surface area contributed by atoms with Crippen molar-refractivity contribution in [1.82, 2.24) is 9.97 Å². The van der Waals surface area contributed by atoms with Crippen molar-refractivity contribution in [2.45, 2.75) is 39.5 Å². The highest BCUT2D eigenvalue weighted by atomic mass is 16.5. The number of carbonyl (C=O) groups excluding carboxylic acids is 1. The Bertz CT molecular complexity index is 1250. The van der Waals surface area contributed by atoms with Crippen LogP contribution in [-0.4, -0.2) is 29.5 Å². The lowest BCUT2D eigenvalue weighted by Crippen LogP contribution is -2.03. The molecule has 0 bridgehead atoms. The molecule has 0 saturated heterocycles. The number of aromatic amines is 1. The van der Waals surface area contributed by atoms with Crippen LogP contribution in [0.2, 0.25) is 0 Å². The van der Waals surface area contributed by atoms with Crippen LogP contribution in [0.3, 0.4) is 0 Å². The van der Waals surface area contributed by atoms with Crippen LogP contribution < -0.4 is 15.8 Å². The van der Waals surface area contributed by atoms with Crippen LogP contribution in [0.5, 0.6) is 5.75 Å². The van der Waals surface area contributed by atoms with E-state index in [0.717, 1.165) is 46.5 Å². The van der Waals surface area contributed by atoms with E-state index in [1.807, 2.05) is 37.4 Å². The SMILES string of the molecule is C/C=C\c1[nH]cc(CCCOc2cncc(-c3ccc4c(c3)/C(=C/C3CC3)C(=O)N4)c2)c1C.CN. The third-order valence-corrected chi connectivity index (χ3v) is 6.35. The molecule has 5 rings (SSSR count). The molecule has 1 aliphatic heterocycles. The number of anilines is 1. The monoisotopic (exact) mass is 470 g/mol. The molecule has 1 aliphatic carbocycles. The van der Waals surface area contributed by atoms with E-state index in [4.69, 9.17) is 4.74 Å². The van der Waals surface area contributed by atoms with Crippen LogP contribution >= 0.6 is 0 Å². The molecule has 1 saturated carbocycles. The molecule has 0 atom stereocenters. The van der Waals surface area contributed by atoms with Gasteiger partial charge in [-0.3, -0.25) is 9.78 Å². The summed E-state index contributed by atoms with van der Waals surface area (Å²) in [6.07, 6.45) is 16.2. The molecule has 2 aliphatic rings. The van der Waals surface area contributed by atoms with Gasteiger partial charge in [-0.15, -0.1) is 0 Å². The Hall–Kier alpha value is -3.64. The summed E-state index contributed by atoms with van der Waals surface area (Å²) in [4.78, 5) is 20.1. The topological polar surface area (TPSA) is 93.0 Å². The second kappa shape index (κ2) is 11.2. The van der Waals surface area contributed by atoms with Gasteiger partial charge in [-0.1, -0.05) is 18.2 Å². The van der Waals surface area contributed by atoms with E-state index in [1.54, 1.807) is 6.20 Å². The number of aromatic nitrogens is 2. The van der Waals surface area contributed by atoms with E-state index < -0.39 is 0 Å². The number of carbonyl (C=O) groups is 1. The number of allylic oxidation sites excluding steroid dienone is 2. The number of ether oxygens (including phenoxy) is 1. The molecule has 0 spiro atoms. The quantitative estimate of drug-likeness (QED) is 0.289. The summed E-state index contributed by atoms with van der Waals surface area (Å²) >= 11 is 0. The first-order valence-electron chi connectivity index (χ1n) is 12.3. The van der Waals surface area contributed by atoms with Crippen LogP contribution in [0.15, 0.2) is 55.0 Å². The number of hydrogen-bond acceptors (Lipinski definition) is 4. The van der Waals surface area contributed by atoms with E-state index >= 15 is 0 Å². The van der Waals surface area contributed by atoms with E-state index in [0.29, 0.717) is 12.5 Å². The van der Waals surface area contributed by atoms with Crippen molar-refractivity contribution < 1.29 is 9.53 Å². The number of H-pyrrole nitrogens is 1. The van der Waals surface area contributed by atoms with Crippen molar-refractivity contribution in [1.29, 1.82) is 0 Å². The zero-order chi connectivity index (χ0) is 24.8. The molecule has 0 radical (unpaired) electrons. The molecule has 1 aromatic carbocycles. The van der Waals surface area contributed by atoms with Gasteiger partial charge >= 0.3 is 0 Å². The average Bonchev–Trinajstić information content (AvgIpc) is 3.57. The van der Waals surface area contributed by atoms with Crippen molar-refractivity contribution in [3.63, 3.8) is 0 Å². The number of rotatable bonds is 8. The highest BCUT2D eigenvalue weighted by molar-refractivity contribution is 6.31. The highest BCUT2D eigenvalue weighted by Gasteiger charge is 2.28. The van der Waals surface area contributed by atoms with Gasteiger partial charge < -0.3 is 20.8 Å². The minimum Gasteiger partial charge on any atom is -0.492 e. The zero-order valence-corrected chi connectivity index (χ0v) is 20.7. The van der Waals surface area contributed by atoms with Crippen molar-refractivity contribution in [3.8, 4) is 16.9 Å². The first-order chi connectivity index (χ1) is 17.1. The number of aryl methyl sites for hydroxylation is 1. The number of hydrogen-bond donors (Lipinski definition) is 3. The fourth-order valence-electron chi connectivity index (χ4n) is 4.29. The predicted octanol–water partition coefficient (Wildman–Crippen LogP) is 5.75. The second-order valence-electron chi connectivity index (χ2n) is 8.85. The van der Waals surface area contributed by atoms with Crippen LogP contribution in [0.25, 0.3) is 22.8 Å². The minimum absolute atomic E-state index is 0.000227. The summed E-state index contributed by atoms with van der Waals surface area (Å²) in [5.41, 5.74) is 13.0. The summed E-state index contributed by atoms with van der Waals surface area (Å²) < 4.78 is 6.01. The number of benzene rings is 1. The van der Waals surface area contributed by atoms with Gasteiger partial charge in [0.05, 0.1) is 12.8 Å². The maximum absolute atomic E-state index is 12.4. The average molecular weight is 471 g/mol. The van der Waals surface area contributed by atoms with Crippen molar-refractivity contribution in [2.75, 3.05) is 19.0 Å². The zero-order valence-electron chi connectivity index (χ0n) is 20.7. The lowest BCUT2D eigenvalue weighted by Gasteiger charge is -2.09. The number of fused-ring (bicyclic) bond motifs is 1. The van der Waals surface area contributed by atoms with Crippen LogP contribution in [0, 0.1) is 12.8 Å². The van der Waals surface area contributed by atoms with E-state index in [-0.39, 0.29) is 5.91 Å². The first-order valence-corrected chi connectivity index (χ1v) is 12.3. The first kappa shape index (κ1) is 24.5. The van der Waals surface area contributed by atoms with E-state index in [2.05, 4.69) is 52.4 Å². The van der Waals surface area contributed by atoms with Gasteiger partial charge in [-0.2, -0.15) is 0 Å². The lowest BCUT2D eigenvalue weighted by molar-refractivity contribution is -0.110. The lowest BCUT2D eigenvalue weighted by atomic mass is 9.99. The summed E-state index contributed by atoms with van der Waals surface area (Å²) in [7, 11) is 1.50. The summed E-state index contributed by atoms with van der Waals surface area (Å²) in [6.45, 7) is 4.81. The van der Waals surface area contributed by atoms with E-state index in [9.17, 15) is 4.79 Å². The van der Waals surface area contributed by atoms with Crippen LogP contribution in [0.1, 0.15) is 48.6 Å². The molecule has 3 aromatic rings.